The molecule has 2 heterocycles. The summed E-state index contributed by atoms with van der Waals surface area (Å²) >= 11 is 0. The van der Waals surface area contributed by atoms with E-state index in [2.05, 4.69) is 67.6 Å². The van der Waals surface area contributed by atoms with Crippen LogP contribution in [0.25, 0.3) is 0 Å². The van der Waals surface area contributed by atoms with Crippen molar-refractivity contribution >= 4 is 0 Å². The van der Waals surface area contributed by atoms with E-state index >= 15 is 0 Å². The van der Waals surface area contributed by atoms with E-state index in [1.807, 2.05) is 0 Å². The number of aliphatic hydroxyl groups excluding tert-OH is 1. The minimum Gasteiger partial charge on any atom is -0.393 e. The molecule has 6 aliphatic rings. The number of ether oxygens (including phenoxy) is 1. The molecule has 200 valence electrons. The summed E-state index contributed by atoms with van der Waals surface area (Å²) in [7, 11) is 0. The van der Waals surface area contributed by atoms with Crippen molar-refractivity contribution in [3.63, 3.8) is 0 Å². The molecule has 2 saturated heterocycles. The lowest BCUT2D eigenvalue weighted by Crippen LogP contribution is -2.67. The second-order valence-corrected chi connectivity index (χ2v) is 16.4. The van der Waals surface area contributed by atoms with Crippen LogP contribution in [-0.2, 0) is 4.74 Å². The van der Waals surface area contributed by atoms with Gasteiger partial charge in [0.1, 0.15) is 5.72 Å². The molecule has 0 aromatic heterocycles. The lowest BCUT2D eigenvalue weighted by molar-refractivity contribution is -0.255. The Labute approximate surface area is 215 Å². The maximum Gasteiger partial charge on any atom is 0.123 e. The molecular formula is C32H55NO2. The van der Waals surface area contributed by atoms with Gasteiger partial charge in [0.2, 0.25) is 0 Å². The smallest absolute Gasteiger partial charge is 0.123 e. The van der Waals surface area contributed by atoms with Crippen molar-refractivity contribution in [1.82, 2.24) is 5.32 Å². The topological polar surface area (TPSA) is 41.5 Å². The fourth-order valence-corrected chi connectivity index (χ4v) is 12.9. The highest BCUT2D eigenvalue weighted by Crippen LogP contribution is 2.85. The van der Waals surface area contributed by atoms with E-state index in [-0.39, 0.29) is 39.1 Å². The zero-order valence-electron chi connectivity index (χ0n) is 24.4. The van der Waals surface area contributed by atoms with Crippen molar-refractivity contribution in [3.8, 4) is 0 Å². The molecule has 0 aromatic rings. The van der Waals surface area contributed by atoms with Crippen LogP contribution < -0.4 is 5.32 Å². The molecule has 35 heavy (non-hydrogen) atoms. The minimum atomic E-state index is -0.141. The third-order valence-corrected chi connectivity index (χ3v) is 15.9. The third-order valence-electron chi connectivity index (χ3n) is 15.9. The van der Waals surface area contributed by atoms with E-state index < -0.39 is 0 Å². The zero-order chi connectivity index (χ0) is 25.5. The molecule has 0 aromatic carbocycles. The molecule has 3 nitrogen and oxygen atoms in total. The molecule has 12 atom stereocenters. The van der Waals surface area contributed by atoms with Crippen LogP contribution in [0.15, 0.2) is 0 Å². The number of hydrogen-bond acceptors (Lipinski definition) is 3. The van der Waals surface area contributed by atoms with Gasteiger partial charge in [-0.05, 0) is 110 Å². The van der Waals surface area contributed by atoms with E-state index in [1.54, 1.807) is 0 Å². The van der Waals surface area contributed by atoms with Gasteiger partial charge in [0, 0.05) is 17.9 Å². The quantitative estimate of drug-likeness (QED) is 0.378. The van der Waals surface area contributed by atoms with E-state index in [4.69, 9.17) is 4.74 Å². The molecule has 6 fully saturated rings. The average molecular weight is 486 g/mol. The lowest BCUT2D eigenvalue weighted by atomic mass is 9.31. The molecule has 1 unspecified atom stereocenters. The van der Waals surface area contributed by atoms with Gasteiger partial charge in [0.05, 0.1) is 11.7 Å². The molecule has 2 aliphatic heterocycles. The Morgan fingerprint density at radius 3 is 2.14 bits per heavy atom. The van der Waals surface area contributed by atoms with Gasteiger partial charge in [-0.15, -0.1) is 0 Å². The van der Waals surface area contributed by atoms with Gasteiger partial charge in [-0.25, -0.2) is 0 Å². The van der Waals surface area contributed by atoms with Gasteiger partial charge in [0.15, 0.2) is 0 Å². The maximum atomic E-state index is 10.7. The highest BCUT2D eigenvalue weighted by Gasteiger charge is 2.83. The van der Waals surface area contributed by atoms with Crippen LogP contribution in [-0.4, -0.2) is 29.1 Å². The highest BCUT2D eigenvalue weighted by molar-refractivity contribution is 5.31. The zero-order valence-corrected chi connectivity index (χ0v) is 24.4. The maximum absolute atomic E-state index is 10.7. The number of nitrogens with one attached hydrogen (secondary N) is 1. The Hall–Kier alpha value is -0.120. The Morgan fingerprint density at radius 2 is 1.49 bits per heavy atom. The van der Waals surface area contributed by atoms with E-state index in [9.17, 15) is 5.11 Å². The first-order valence-electron chi connectivity index (χ1n) is 15.2. The normalized spacial score (nSPS) is 66.0. The van der Waals surface area contributed by atoms with Crippen LogP contribution in [0, 0.1) is 50.2 Å². The monoisotopic (exact) mass is 485 g/mol. The Balaban J connectivity index is 1.42. The summed E-state index contributed by atoms with van der Waals surface area (Å²) < 4.78 is 7.42. The first-order chi connectivity index (χ1) is 16.1. The van der Waals surface area contributed by atoms with Crippen LogP contribution in [0.2, 0.25) is 0 Å². The summed E-state index contributed by atoms with van der Waals surface area (Å²) in [6, 6.07) is 0. The predicted octanol–water partition coefficient (Wildman–Crippen LogP) is 7.32. The molecule has 1 spiro atoms. The van der Waals surface area contributed by atoms with Crippen molar-refractivity contribution in [2.45, 2.75) is 144 Å². The summed E-state index contributed by atoms with van der Waals surface area (Å²) in [6.07, 6.45) is 12.0. The first-order valence-corrected chi connectivity index (χ1v) is 15.2. The van der Waals surface area contributed by atoms with Gasteiger partial charge in [-0.3, -0.25) is 5.32 Å². The van der Waals surface area contributed by atoms with E-state index in [0.717, 1.165) is 37.6 Å². The molecule has 0 bridgehead atoms. The minimum absolute atomic E-state index is 0.0842. The summed E-state index contributed by atoms with van der Waals surface area (Å²) in [5.74, 6) is 1.99. The first kappa shape index (κ1) is 25.2. The summed E-state index contributed by atoms with van der Waals surface area (Å²) in [4.78, 5) is 0. The number of aliphatic hydroxyl groups is 1. The van der Waals surface area contributed by atoms with E-state index in [1.165, 1.54) is 44.9 Å². The summed E-state index contributed by atoms with van der Waals surface area (Å²) in [5.41, 5.74) is 1.39. The second kappa shape index (κ2) is 6.90. The van der Waals surface area contributed by atoms with Crippen molar-refractivity contribution in [2.75, 3.05) is 6.54 Å². The van der Waals surface area contributed by atoms with Gasteiger partial charge < -0.3 is 9.84 Å². The molecular weight excluding hydrogens is 430 g/mol. The predicted molar refractivity (Wildman–Crippen MR) is 143 cm³/mol. The fraction of sp³-hybridized carbons (Fsp3) is 1.00. The number of rotatable bonds is 0. The summed E-state index contributed by atoms with van der Waals surface area (Å²) in [6.45, 7) is 24.4. The Bertz CT molecular complexity index is 911. The van der Waals surface area contributed by atoms with Crippen molar-refractivity contribution in [1.29, 1.82) is 0 Å². The Kier molecular flexibility index (Phi) is 4.96. The largest absolute Gasteiger partial charge is 0.393 e. The molecule has 4 aliphatic carbocycles. The van der Waals surface area contributed by atoms with Crippen LogP contribution in [0.1, 0.15) is 127 Å². The SMILES string of the molecule is C[C@H]1CC[C@]2(NC1)O[C@@]1(C)C[C@@]3(C)C4CC[C@@]5(C)C[C@@H](O)CC[C@]5(C)[C@@]4(C)CC[C@]3(C)[C@@]1(C)[C@@H]2C. The fourth-order valence-electron chi connectivity index (χ4n) is 12.9. The average Bonchev–Trinajstić information content (AvgIpc) is 3.02. The molecule has 6 rings (SSSR count). The third kappa shape index (κ3) is 2.52. The van der Waals surface area contributed by atoms with E-state index in [0.29, 0.717) is 16.7 Å². The standard InChI is InChI=1S/C32H55NO2/c1-21-10-15-32(33-19-21)22(2)31(9)29(7)17-16-26(4)24(27(29,5)20-30(31,8)35-32)12-13-25(3)18-23(34)11-14-28(25,26)6/h21-24,33-34H,10-20H2,1-9H3/t21-,22-,23-,24?,25-,26-,27-,28-,29-,30-,31+,32-/m0/s1. The summed E-state index contributed by atoms with van der Waals surface area (Å²) in [5, 5.41) is 14.6. The Morgan fingerprint density at radius 1 is 0.771 bits per heavy atom. The second-order valence-electron chi connectivity index (χ2n) is 16.4. The highest BCUT2D eigenvalue weighted by atomic mass is 16.5. The molecule has 0 radical (unpaired) electrons. The van der Waals surface area contributed by atoms with Crippen LogP contribution in [0.4, 0.5) is 0 Å². The van der Waals surface area contributed by atoms with Crippen molar-refractivity contribution in [2.24, 2.45) is 50.2 Å². The van der Waals surface area contributed by atoms with Gasteiger partial charge in [-0.1, -0.05) is 55.4 Å². The van der Waals surface area contributed by atoms with Gasteiger partial charge in [-0.2, -0.15) is 0 Å². The van der Waals surface area contributed by atoms with Crippen LogP contribution >= 0.6 is 0 Å². The molecule has 2 N–H and O–H groups in total. The molecule has 0 amide bonds. The van der Waals surface area contributed by atoms with Gasteiger partial charge >= 0.3 is 0 Å². The van der Waals surface area contributed by atoms with Crippen molar-refractivity contribution < 1.29 is 9.84 Å². The van der Waals surface area contributed by atoms with Crippen LogP contribution in [0.3, 0.4) is 0 Å². The molecule has 3 heteroatoms. The molecule has 4 saturated carbocycles. The number of piperidine rings is 1. The van der Waals surface area contributed by atoms with Crippen molar-refractivity contribution in [3.05, 3.63) is 0 Å². The van der Waals surface area contributed by atoms with Gasteiger partial charge in [0.25, 0.3) is 0 Å². The lowest BCUT2D eigenvalue weighted by Gasteiger charge is -2.73. The van der Waals surface area contributed by atoms with Crippen LogP contribution in [0.5, 0.6) is 0 Å². The number of hydrogen-bond donors (Lipinski definition) is 2. The number of fused-ring (bicyclic) bond motifs is 7.